The number of piperazine rings is 1. The lowest BCUT2D eigenvalue weighted by molar-refractivity contribution is 0.174. The molecule has 150 valence electrons. The maximum absolute atomic E-state index is 5.48. The third-order valence-corrected chi connectivity index (χ3v) is 6.15. The van der Waals surface area contributed by atoms with Crippen LogP contribution in [0.1, 0.15) is 17.2 Å². The Morgan fingerprint density at radius 1 is 0.966 bits per heavy atom. The largest absolute Gasteiger partial charge is 0.454 e. The van der Waals surface area contributed by atoms with Crippen LogP contribution >= 0.6 is 11.3 Å². The Balaban J connectivity index is 1.21. The van der Waals surface area contributed by atoms with Crippen molar-refractivity contribution in [3.05, 3.63) is 46.9 Å². The second-order valence-corrected chi connectivity index (χ2v) is 8.25. The van der Waals surface area contributed by atoms with Gasteiger partial charge in [0.05, 0.1) is 5.69 Å². The summed E-state index contributed by atoms with van der Waals surface area (Å²) in [6.07, 6.45) is 0. The molecule has 0 N–H and O–H groups in total. The first-order chi connectivity index (χ1) is 14.1. The summed E-state index contributed by atoms with van der Waals surface area (Å²) in [5, 5.41) is 3.17. The normalized spacial score (nSPS) is 16.4. The van der Waals surface area contributed by atoms with Gasteiger partial charge in [0.2, 0.25) is 6.79 Å². The van der Waals surface area contributed by atoms with Gasteiger partial charge in [-0.3, -0.25) is 4.90 Å². The second-order valence-electron chi connectivity index (χ2n) is 7.39. The van der Waals surface area contributed by atoms with E-state index < -0.39 is 0 Å². The molecular formula is C21H23N5O2S. The van der Waals surface area contributed by atoms with Gasteiger partial charge in [-0.1, -0.05) is 0 Å². The van der Waals surface area contributed by atoms with Crippen LogP contribution in [0.4, 0.5) is 5.82 Å². The lowest BCUT2D eigenvalue weighted by Crippen LogP contribution is -2.46. The highest BCUT2D eigenvalue weighted by molar-refractivity contribution is 7.13. The Morgan fingerprint density at radius 3 is 2.62 bits per heavy atom. The van der Waals surface area contributed by atoms with Crippen molar-refractivity contribution in [2.45, 2.75) is 20.4 Å². The molecule has 8 heteroatoms. The minimum Gasteiger partial charge on any atom is -0.454 e. The number of aromatic nitrogens is 3. The van der Waals surface area contributed by atoms with Crippen LogP contribution in [0.2, 0.25) is 0 Å². The summed E-state index contributed by atoms with van der Waals surface area (Å²) in [6, 6.07) is 8.07. The number of hydrogen-bond acceptors (Lipinski definition) is 8. The van der Waals surface area contributed by atoms with Gasteiger partial charge in [0.1, 0.15) is 16.6 Å². The van der Waals surface area contributed by atoms with Crippen molar-refractivity contribution in [1.82, 2.24) is 19.9 Å². The Hall–Kier alpha value is -2.71. The zero-order valence-corrected chi connectivity index (χ0v) is 17.4. The van der Waals surface area contributed by atoms with E-state index in [-0.39, 0.29) is 0 Å². The predicted molar refractivity (Wildman–Crippen MR) is 113 cm³/mol. The number of aryl methyl sites for hydroxylation is 2. The topological polar surface area (TPSA) is 63.6 Å². The molecule has 4 heterocycles. The molecule has 1 fully saturated rings. The van der Waals surface area contributed by atoms with Crippen LogP contribution in [-0.2, 0) is 6.54 Å². The SMILES string of the molecule is Cc1cc(N2CCN(Cc3csc(-c4ccc5c(c4)OCO5)n3)CC2)nc(C)n1. The minimum absolute atomic E-state index is 0.294. The Morgan fingerprint density at radius 2 is 1.79 bits per heavy atom. The second kappa shape index (κ2) is 7.61. The van der Waals surface area contributed by atoms with Crippen molar-refractivity contribution >= 4 is 17.2 Å². The van der Waals surface area contributed by atoms with Gasteiger partial charge in [0.25, 0.3) is 0 Å². The van der Waals surface area contributed by atoms with E-state index in [1.54, 1.807) is 11.3 Å². The summed E-state index contributed by atoms with van der Waals surface area (Å²) in [5.41, 5.74) is 3.21. The van der Waals surface area contributed by atoms with E-state index in [9.17, 15) is 0 Å². The number of anilines is 1. The third-order valence-electron chi connectivity index (χ3n) is 5.21. The number of ether oxygens (including phenoxy) is 2. The zero-order valence-electron chi connectivity index (χ0n) is 16.6. The average Bonchev–Trinajstić information content (AvgIpc) is 3.36. The van der Waals surface area contributed by atoms with Crippen molar-refractivity contribution < 1.29 is 9.47 Å². The maximum atomic E-state index is 5.48. The fraction of sp³-hybridized carbons (Fsp3) is 0.381. The third kappa shape index (κ3) is 3.90. The number of hydrogen-bond donors (Lipinski definition) is 0. The molecule has 2 aliphatic heterocycles. The lowest BCUT2D eigenvalue weighted by Gasteiger charge is -2.35. The molecule has 0 spiro atoms. The molecule has 2 aliphatic rings. The van der Waals surface area contributed by atoms with Crippen LogP contribution in [0.5, 0.6) is 11.5 Å². The molecule has 0 aliphatic carbocycles. The average molecular weight is 410 g/mol. The number of benzene rings is 1. The molecule has 5 rings (SSSR count). The molecule has 0 unspecified atom stereocenters. The van der Waals surface area contributed by atoms with E-state index in [0.717, 1.165) is 77.8 Å². The zero-order chi connectivity index (χ0) is 19.8. The van der Waals surface area contributed by atoms with Crippen molar-refractivity contribution in [3.63, 3.8) is 0 Å². The van der Waals surface area contributed by atoms with E-state index in [4.69, 9.17) is 14.5 Å². The summed E-state index contributed by atoms with van der Waals surface area (Å²) in [4.78, 5) is 18.6. The van der Waals surface area contributed by atoms with E-state index in [1.807, 2.05) is 32.0 Å². The van der Waals surface area contributed by atoms with E-state index in [2.05, 4.69) is 31.2 Å². The fourth-order valence-electron chi connectivity index (χ4n) is 3.77. The summed E-state index contributed by atoms with van der Waals surface area (Å²) < 4.78 is 10.9. The number of rotatable bonds is 4. The van der Waals surface area contributed by atoms with Gasteiger partial charge in [0.15, 0.2) is 11.5 Å². The molecular weight excluding hydrogens is 386 g/mol. The highest BCUT2D eigenvalue weighted by atomic mass is 32.1. The lowest BCUT2D eigenvalue weighted by atomic mass is 10.2. The van der Waals surface area contributed by atoms with Gasteiger partial charge in [-0.2, -0.15) is 0 Å². The Bertz CT molecular complexity index is 1010. The molecule has 0 radical (unpaired) electrons. The van der Waals surface area contributed by atoms with Crippen LogP contribution in [0.25, 0.3) is 10.6 Å². The monoisotopic (exact) mass is 409 g/mol. The smallest absolute Gasteiger partial charge is 0.231 e. The van der Waals surface area contributed by atoms with Gasteiger partial charge in [-0.05, 0) is 32.0 Å². The van der Waals surface area contributed by atoms with Gasteiger partial charge >= 0.3 is 0 Å². The van der Waals surface area contributed by atoms with E-state index >= 15 is 0 Å². The minimum atomic E-state index is 0.294. The molecule has 29 heavy (non-hydrogen) atoms. The van der Waals surface area contributed by atoms with E-state index in [0.29, 0.717) is 6.79 Å². The maximum Gasteiger partial charge on any atom is 0.231 e. The highest BCUT2D eigenvalue weighted by Gasteiger charge is 2.20. The molecule has 3 aromatic rings. The van der Waals surface area contributed by atoms with Crippen molar-refractivity contribution in [2.75, 3.05) is 37.9 Å². The van der Waals surface area contributed by atoms with Crippen molar-refractivity contribution in [2.24, 2.45) is 0 Å². The quantitative estimate of drug-likeness (QED) is 0.655. The molecule has 0 atom stereocenters. The van der Waals surface area contributed by atoms with Crippen LogP contribution in [0.3, 0.4) is 0 Å². The fourth-order valence-corrected chi connectivity index (χ4v) is 4.57. The standard InChI is InChI=1S/C21H23N5O2S/c1-14-9-20(23-15(2)22-14)26-7-5-25(6-8-26)11-17-12-29-21(24-17)16-3-4-18-19(10-16)28-13-27-18/h3-4,9-10,12H,5-8,11,13H2,1-2H3. The van der Waals surface area contributed by atoms with Gasteiger partial charge in [-0.25, -0.2) is 15.0 Å². The first kappa shape index (κ1) is 18.3. The number of nitrogens with zero attached hydrogens (tertiary/aromatic N) is 5. The Kier molecular flexibility index (Phi) is 4.81. The van der Waals surface area contributed by atoms with Gasteiger partial charge in [0, 0.05) is 55.4 Å². The summed E-state index contributed by atoms with van der Waals surface area (Å²) in [5.74, 6) is 3.47. The van der Waals surface area contributed by atoms with Crippen LogP contribution in [-0.4, -0.2) is 52.8 Å². The molecule has 0 amide bonds. The molecule has 7 nitrogen and oxygen atoms in total. The molecule has 1 saturated heterocycles. The molecule has 0 bridgehead atoms. The van der Waals surface area contributed by atoms with Gasteiger partial charge in [-0.15, -0.1) is 11.3 Å². The van der Waals surface area contributed by atoms with Crippen LogP contribution in [0, 0.1) is 13.8 Å². The molecule has 1 aromatic carbocycles. The Labute approximate surface area is 173 Å². The summed E-state index contributed by atoms with van der Waals surface area (Å²) in [7, 11) is 0. The first-order valence-electron chi connectivity index (χ1n) is 9.78. The molecule has 2 aromatic heterocycles. The number of fused-ring (bicyclic) bond motifs is 1. The van der Waals surface area contributed by atoms with Crippen molar-refractivity contribution in [1.29, 1.82) is 0 Å². The first-order valence-corrected chi connectivity index (χ1v) is 10.7. The van der Waals surface area contributed by atoms with E-state index in [1.165, 1.54) is 0 Å². The van der Waals surface area contributed by atoms with Gasteiger partial charge < -0.3 is 14.4 Å². The van der Waals surface area contributed by atoms with Crippen LogP contribution < -0.4 is 14.4 Å². The van der Waals surface area contributed by atoms with Crippen LogP contribution in [0.15, 0.2) is 29.6 Å². The number of thiazole rings is 1. The highest BCUT2D eigenvalue weighted by Crippen LogP contribution is 2.36. The summed E-state index contributed by atoms with van der Waals surface area (Å²) >= 11 is 1.68. The van der Waals surface area contributed by atoms with Crippen molar-refractivity contribution in [3.8, 4) is 22.1 Å². The predicted octanol–water partition coefficient (Wildman–Crippen LogP) is 3.27. The summed E-state index contributed by atoms with van der Waals surface area (Å²) in [6.45, 7) is 9.07. The molecule has 0 saturated carbocycles.